The minimum atomic E-state index is -0.250. The Bertz CT molecular complexity index is 678. The number of hydrogen-bond acceptors (Lipinski definition) is 5. The molecular weight excluding hydrogens is 312 g/mol. The van der Waals surface area contributed by atoms with E-state index < -0.39 is 0 Å². The average Bonchev–Trinajstić information content (AvgIpc) is 2.57. The van der Waals surface area contributed by atoms with Crippen molar-refractivity contribution in [3.8, 4) is 16.9 Å². The van der Waals surface area contributed by atoms with Crippen LogP contribution in [0.5, 0.6) is 11.5 Å². The highest BCUT2D eigenvalue weighted by atomic mass is 32.2. The van der Waals surface area contributed by atoms with Gasteiger partial charge in [-0.3, -0.25) is 4.79 Å². The summed E-state index contributed by atoms with van der Waals surface area (Å²) in [6.07, 6.45) is 0. The summed E-state index contributed by atoms with van der Waals surface area (Å²) in [5, 5.41) is 13.3. The van der Waals surface area contributed by atoms with Crippen molar-refractivity contribution in [2.75, 3.05) is 18.5 Å². The molecule has 1 N–H and O–H groups in total. The Balaban J connectivity index is 1.81. The number of thiocyanates is 1. The lowest BCUT2D eigenvalue weighted by Crippen LogP contribution is -2.20. The molecule has 0 aliphatic carbocycles. The number of carbonyl (C=O) groups is 1. The van der Waals surface area contributed by atoms with Crippen LogP contribution in [0.2, 0.25) is 0 Å². The molecule has 0 heterocycles. The Hall–Kier alpha value is -2.65. The zero-order valence-electron chi connectivity index (χ0n) is 12.6. The lowest BCUT2D eigenvalue weighted by Gasteiger charge is -2.08. The number of thioether (sulfide) groups is 1. The Morgan fingerprint density at radius 1 is 1.09 bits per heavy atom. The Kier molecular flexibility index (Phi) is 6.33. The van der Waals surface area contributed by atoms with E-state index in [1.54, 1.807) is 48.5 Å². The molecule has 0 saturated heterocycles. The van der Waals surface area contributed by atoms with Gasteiger partial charge in [-0.05, 0) is 67.2 Å². The summed E-state index contributed by atoms with van der Waals surface area (Å²) in [4.78, 5) is 12.7. The molecule has 0 bridgehead atoms. The van der Waals surface area contributed by atoms with Crippen molar-refractivity contribution in [3.63, 3.8) is 0 Å². The van der Waals surface area contributed by atoms with Gasteiger partial charge in [0.2, 0.25) is 0 Å². The molecule has 23 heavy (non-hydrogen) atoms. The van der Waals surface area contributed by atoms with Crippen LogP contribution in [0.25, 0.3) is 0 Å². The van der Waals surface area contributed by atoms with Crippen LogP contribution in [0.3, 0.4) is 0 Å². The molecule has 0 aliphatic heterocycles. The molecular formula is C17H16N2O3S. The molecule has 0 unspecified atom stereocenters. The second kappa shape index (κ2) is 8.71. The number of anilines is 1. The predicted molar refractivity (Wildman–Crippen MR) is 89.6 cm³/mol. The number of amides is 1. The van der Waals surface area contributed by atoms with Gasteiger partial charge in [-0.15, -0.1) is 0 Å². The van der Waals surface area contributed by atoms with Crippen LogP contribution >= 0.6 is 11.8 Å². The molecule has 118 valence electrons. The van der Waals surface area contributed by atoms with Crippen LogP contribution in [-0.4, -0.2) is 19.1 Å². The summed E-state index contributed by atoms with van der Waals surface area (Å²) >= 11 is 1.07. The van der Waals surface area contributed by atoms with Gasteiger partial charge in [-0.1, -0.05) is 0 Å². The van der Waals surface area contributed by atoms with Gasteiger partial charge in [0.05, 0.1) is 6.61 Å². The molecule has 0 atom stereocenters. The molecule has 0 aliphatic rings. The first-order valence-electron chi connectivity index (χ1n) is 7.02. The number of carbonyl (C=O) groups excluding carboxylic acids is 1. The van der Waals surface area contributed by atoms with Gasteiger partial charge >= 0.3 is 0 Å². The molecule has 0 aromatic heterocycles. The highest BCUT2D eigenvalue weighted by Gasteiger charge is 2.04. The normalized spacial score (nSPS) is 9.74. The van der Waals surface area contributed by atoms with Gasteiger partial charge in [-0.2, -0.15) is 5.26 Å². The maximum atomic E-state index is 11.8. The summed E-state index contributed by atoms with van der Waals surface area (Å²) in [5.41, 5.74) is 0.660. The van der Waals surface area contributed by atoms with E-state index in [4.69, 9.17) is 14.7 Å². The Labute approximate surface area is 139 Å². The molecule has 2 aromatic carbocycles. The lowest BCUT2D eigenvalue weighted by molar-refractivity contribution is -0.118. The average molecular weight is 328 g/mol. The van der Waals surface area contributed by atoms with Gasteiger partial charge < -0.3 is 14.8 Å². The predicted octanol–water partition coefficient (Wildman–Crippen LogP) is 3.68. The molecule has 2 aromatic rings. The summed E-state index contributed by atoms with van der Waals surface area (Å²) in [5.74, 6) is 1.11. The number of rotatable bonds is 7. The maximum absolute atomic E-state index is 11.8. The number of hydrogen-bond donors (Lipinski definition) is 1. The highest BCUT2D eigenvalue weighted by Crippen LogP contribution is 2.19. The summed E-state index contributed by atoms with van der Waals surface area (Å²) in [7, 11) is 0. The van der Waals surface area contributed by atoms with Crippen LogP contribution in [0.4, 0.5) is 5.69 Å². The zero-order valence-corrected chi connectivity index (χ0v) is 13.4. The van der Waals surface area contributed by atoms with Crippen molar-refractivity contribution in [1.82, 2.24) is 0 Å². The lowest BCUT2D eigenvalue weighted by atomic mass is 10.3. The van der Waals surface area contributed by atoms with E-state index in [2.05, 4.69) is 5.32 Å². The van der Waals surface area contributed by atoms with Gasteiger partial charge in [-0.25, -0.2) is 0 Å². The number of nitrogens with one attached hydrogen (secondary N) is 1. The van der Waals surface area contributed by atoms with Crippen molar-refractivity contribution in [2.45, 2.75) is 11.8 Å². The van der Waals surface area contributed by atoms with Crippen molar-refractivity contribution in [1.29, 1.82) is 5.26 Å². The first-order chi connectivity index (χ1) is 11.2. The number of ether oxygens (including phenoxy) is 2. The van der Waals surface area contributed by atoms with Crippen LogP contribution in [0.1, 0.15) is 6.92 Å². The fourth-order valence-corrected chi connectivity index (χ4v) is 2.18. The van der Waals surface area contributed by atoms with Gasteiger partial charge in [0.1, 0.15) is 16.9 Å². The van der Waals surface area contributed by atoms with Gasteiger partial charge in [0.25, 0.3) is 5.91 Å². The minimum Gasteiger partial charge on any atom is -0.494 e. The number of nitriles is 1. The summed E-state index contributed by atoms with van der Waals surface area (Å²) in [6, 6.07) is 14.1. The van der Waals surface area contributed by atoms with Crippen LogP contribution in [0, 0.1) is 10.7 Å². The standard InChI is InChI=1S/C17H16N2O3S/c1-2-21-14-5-7-15(8-6-14)22-11-17(20)19-13-3-9-16(10-4-13)23-12-18/h3-10H,2,11H2,1H3,(H,19,20). The highest BCUT2D eigenvalue weighted by molar-refractivity contribution is 8.03. The molecule has 0 saturated carbocycles. The minimum absolute atomic E-state index is 0.0807. The molecule has 0 radical (unpaired) electrons. The molecule has 5 nitrogen and oxygen atoms in total. The Morgan fingerprint density at radius 3 is 2.26 bits per heavy atom. The van der Waals surface area contributed by atoms with Crippen LogP contribution < -0.4 is 14.8 Å². The first-order valence-corrected chi connectivity index (χ1v) is 7.84. The molecule has 1 amide bonds. The quantitative estimate of drug-likeness (QED) is 0.620. The van der Waals surface area contributed by atoms with Crippen molar-refractivity contribution < 1.29 is 14.3 Å². The maximum Gasteiger partial charge on any atom is 0.262 e. The van der Waals surface area contributed by atoms with E-state index in [-0.39, 0.29) is 12.5 Å². The van der Waals surface area contributed by atoms with E-state index in [0.717, 1.165) is 22.4 Å². The smallest absolute Gasteiger partial charge is 0.262 e. The second-order valence-corrected chi connectivity index (χ2v) is 5.32. The largest absolute Gasteiger partial charge is 0.494 e. The SMILES string of the molecule is CCOc1ccc(OCC(=O)Nc2ccc(SC#N)cc2)cc1. The third kappa shape index (κ3) is 5.57. The summed E-state index contributed by atoms with van der Waals surface area (Å²) < 4.78 is 10.8. The van der Waals surface area contributed by atoms with Gasteiger partial charge in [0, 0.05) is 10.6 Å². The van der Waals surface area contributed by atoms with Crippen molar-refractivity contribution in [3.05, 3.63) is 48.5 Å². The molecule has 0 fully saturated rings. The zero-order chi connectivity index (χ0) is 16.5. The fourth-order valence-electron chi connectivity index (χ4n) is 1.80. The fraction of sp³-hybridized carbons (Fsp3) is 0.176. The van der Waals surface area contributed by atoms with E-state index in [9.17, 15) is 4.79 Å². The van der Waals surface area contributed by atoms with E-state index in [1.165, 1.54) is 0 Å². The van der Waals surface area contributed by atoms with Crippen LogP contribution in [0.15, 0.2) is 53.4 Å². The van der Waals surface area contributed by atoms with E-state index in [0.29, 0.717) is 18.0 Å². The topological polar surface area (TPSA) is 71.3 Å². The van der Waals surface area contributed by atoms with Gasteiger partial charge in [0.15, 0.2) is 6.61 Å². The van der Waals surface area contributed by atoms with E-state index in [1.807, 2.05) is 12.3 Å². The summed E-state index contributed by atoms with van der Waals surface area (Å²) in [6.45, 7) is 2.44. The third-order valence-electron chi connectivity index (χ3n) is 2.81. The second-order valence-electron chi connectivity index (χ2n) is 4.46. The van der Waals surface area contributed by atoms with Crippen molar-refractivity contribution in [2.24, 2.45) is 0 Å². The monoisotopic (exact) mass is 328 g/mol. The van der Waals surface area contributed by atoms with E-state index >= 15 is 0 Å². The molecule has 0 spiro atoms. The molecule has 6 heteroatoms. The number of benzene rings is 2. The van der Waals surface area contributed by atoms with Crippen molar-refractivity contribution >= 4 is 23.4 Å². The molecule has 2 rings (SSSR count). The number of nitrogens with zero attached hydrogens (tertiary/aromatic N) is 1. The third-order valence-corrected chi connectivity index (χ3v) is 3.41. The Morgan fingerprint density at radius 2 is 1.70 bits per heavy atom. The first kappa shape index (κ1) is 16.7. The van der Waals surface area contributed by atoms with Crippen LogP contribution in [-0.2, 0) is 4.79 Å².